The van der Waals surface area contributed by atoms with E-state index in [2.05, 4.69) is 4.74 Å². The second kappa shape index (κ2) is 8.69. The average Bonchev–Trinajstić information content (AvgIpc) is 2.20. The first-order chi connectivity index (χ1) is 6.70. The largest absolute Gasteiger partial charge is 0.392 e. The molecule has 0 aliphatic carbocycles. The molecule has 2 N–H and O–H groups in total. The van der Waals surface area contributed by atoms with Crippen LogP contribution in [0.1, 0.15) is 12.5 Å². The third-order valence-electron chi connectivity index (χ3n) is 1.43. The van der Waals surface area contributed by atoms with E-state index in [-0.39, 0.29) is 12.7 Å². The van der Waals surface area contributed by atoms with Gasteiger partial charge in [-0.3, -0.25) is 0 Å². The molecule has 3 nitrogen and oxygen atoms in total. The topological polar surface area (TPSA) is 49.7 Å². The van der Waals surface area contributed by atoms with E-state index in [4.69, 9.17) is 10.2 Å². The fourth-order valence-corrected chi connectivity index (χ4v) is 0.825. The van der Waals surface area contributed by atoms with Gasteiger partial charge >= 0.3 is 0 Å². The van der Waals surface area contributed by atoms with Crippen LogP contribution in [0.4, 0.5) is 0 Å². The number of hydrogen-bond donors (Lipinski definition) is 2. The summed E-state index contributed by atoms with van der Waals surface area (Å²) in [6, 6.07) is 9.52. The van der Waals surface area contributed by atoms with Crippen LogP contribution in [0.2, 0.25) is 0 Å². The molecule has 1 aromatic rings. The molecule has 0 aliphatic rings. The Morgan fingerprint density at radius 2 is 1.86 bits per heavy atom. The number of methoxy groups -OCH3 is 1. The molecule has 1 unspecified atom stereocenters. The van der Waals surface area contributed by atoms with E-state index in [0.717, 1.165) is 5.56 Å². The van der Waals surface area contributed by atoms with Crippen molar-refractivity contribution < 1.29 is 14.9 Å². The monoisotopic (exact) mass is 198 g/mol. The highest BCUT2D eigenvalue weighted by Crippen LogP contribution is 1.95. The second-order valence-corrected chi connectivity index (χ2v) is 2.95. The van der Waals surface area contributed by atoms with Crippen molar-refractivity contribution in [1.82, 2.24) is 0 Å². The first-order valence-electron chi connectivity index (χ1n) is 4.52. The van der Waals surface area contributed by atoms with Crippen molar-refractivity contribution in [2.75, 3.05) is 13.7 Å². The lowest BCUT2D eigenvalue weighted by atomic mass is 10.2. The van der Waals surface area contributed by atoms with E-state index in [1.807, 2.05) is 30.3 Å². The molecule has 0 saturated heterocycles. The maximum Gasteiger partial charge on any atom is 0.0745 e. The molecule has 0 saturated carbocycles. The molecule has 0 radical (unpaired) electrons. The maximum absolute atomic E-state index is 8.54. The summed E-state index contributed by atoms with van der Waals surface area (Å²) in [5, 5.41) is 17.0. The molecule has 1 aromatic carbocycles. The van der Waals surface area contributed by atoms with Crippen LogP contribution in [0.25, 0.3) is 0 Å². The second-order valence-electron chi connectivity index (χ2n) is 2.95. The fraction of sp³-hybridized carbons (Fsp3) is 0.455. The molecule has 0 amide bonds. The number of aliphatic hydroxyl groups is 2. The molecule has 1 atom stereocenters. The highest BCUT2D eigenvalue weighted by atomic mass is 16.5. The van der Waals surface area contributed by atoms with Crippen molar-refractivity contribution in [2.45, 2.75) is 19.6 Å². The van der Waals surface area contributed by atoms with Crippen molar-refractivity contribution >= 4 is 0 Å². The van der Waals surface area contributed by atoms with Gasteiger partial charge in [0.15, 0.2) is 0 Å². The molecule has 0 spiro atoms. The first kappa shape index (κ1) is 13.1. The zero-order chi connectivity index (χ0) is 10.8. The van der Waals surface area contributed by atoms with E-state index in [9.17, 15) is 0 Å². The molecule has 80 valence electrons. The minimum absolute atomic E-state index is 0.140. The molecule has 0 bridgehead atoms. The Morgan fingerprint density at radius 1 is 1.29 bits per heavy atom. The summed E-state index contributed by atoms with van der Waals surface area (Å²) in [4.78, 5) is 0. The van der Waals surface area contributed by atoms with Crippen LogP contribution in [-0.2, 0) is 11.3 Å². The van der Waals surface area contributed by atoms with Crippen LogP contribution in [0.3, 0.4) is 0 Å². The molecular formula is C11H18O3. The summed E-state index contributed by atoms with van der Waals surface area (Å²) in [5.74, 6) is 0. The quantitative estimate of drug-likeness (QED) is 0.767. The third-order valence-corrected chi connectivity index (χ3v) is 1.43. The highest BCUT2D eigenvalue weighted by molar-refractivity contribution is 5.12. The standard InChI is InChI=1S/C7H8O.C4H10O2/c8-6-7-4-2-1-3-5-7;1-4(5)3-6-2/h1-5,8H,6H2;4-5H,3H2,1-2H3. The van der Waals surface area contributed by atoms with Crippen LogP contribution in [0.5, 0.6) is 0 Å². The van der Waals surface area contributed by atoms with Gasteiger partial charge in [-0.05, 0) is 12.5 Å². The number of benzene rings is 1. The van der Waals surface area contributed by atoms with E-state index in [0.29, 0.717) is 6.61 Å². The highest BCUT2D eigenvalue weighted by Gasteiger charge is 1.87. The molecule has 0 aliphatic heterocycles. The zero-order valence-corrected chi connectivity index (χ0v) is 8.68. The predicted molar refractivity (Wildman–Crippen MR) is 55.9 cm³/mol. The Bertz CT molecular complexity index is 209. The third kappa shape index (κ3) is 7.73. The molecule has 3 heteroatoms. The van der Waals surface area contributed by atoms with Gasteiger partial charge in [-0.15, -0.1) is 0 Å². The summed E-state index contributed by atoms with van der Waals surface area (Å²) >= 11 is 0. The Morgan fingerprint density at radius 3 is 2.07 bits per heavy atom. The van der Waals surface area contributed by atoms with Crippen LogP contribution >= 0.6 is 0 Å². The predicted octanol–water partition coefficient (Wildman–Crippen LogP) is 1.19. The lowest BCUT2D eigenvalue weighted by molar-refractivity contribution is 0.0765. The van der Waals surface area contributed by atoms with Crippen molar-refractivity contribution in [3.05, 3.63) is 35.9 Å². The van der Waals surface area contributed by atoms with Crippen molar-refractivity contribution in [1.29, 1.82) is 0 Å². The van der Waals surface area contributed by atoms with Gasteiger partial charge < -0.3 is 14.9 Å². The Hall–Kier alpha value is -0.900. The van der Waals surface area contributed by atoms with Gasteiger partial charge in [0.25, 0.3) is 0 Å². The molecule has 0 fully saturated rings. The van der Waals surface area contributed by atoms with E-state index in [1.165, 1.54) is 0 Å². The number of hydrogen-bond acceptors (Lipinski definition) is 3. The van der Waals surface area contributed by atoms with Gasteiger partial charge in [0.1, 0.15) is 0 Å². The van der Waals surface area contributed by atoms with Crippen molar-refractivity contribution in [2.24, 2.45) is 0 Å². The number of aliphatic hydroxyl groups excluding tert-OH is 2. The number of ether oxygens (including phenoxy) is 1. The van der Waals surface area contributed by atoms with Crippen LogP contribution in [-0.4, -0.2) is 30.0 Å². The van der Waals surface area contributed by atoms with Crippen molar-refractivity contribution in [3.63, 3.8) is 0 Å². The van der Waals surface area contributed by atoms with Gasteiger partial charge in [0.2, 0.25) is 0 Å². The Labute approximate surface area is 85.0 Å². The molecular weight excluding hydrogens is 180 g/mol. The lowest BCUT2D eigenvalue weighted by Gasteiger charge is -1.97. The van der Waals surface area contributed by atoms with Gasteiger partial charge in [-0.25, -0.2) is 0 Å². The van der Waals surface area contributed by atoms with Crippen molar-refractivity contribution in [3.8, 4) is 0 Å². The fourth-order valence-electron chi connectivity index (χ4n) is 0.825. The summed E-state index contributed by atoms with van der Waals surface area (Å²) in [6.07, 6.45) is -0.324. The minimum Gasteiger partial charge on any atom is -0.392 e. The zero-order valence-electron chi connectivity index (χ0n) is 8.68. The number of rotatable bonds is 3. The van der Waals surface area contributed by atoms with Gasteiger partial charge in [0.05, 0.1) is 19.3 Å². The summed E-state index contributed by atoms with van der Waals surface area (Å²) in [6.45, 7) is 2.25. The van der Waals surface area contributed by atoms with Crippen LogP contribution in [0, 0.1) is 0 Å². The lowest BCUT2D eigenvalue weighted by Crippen LogP contribution is -2.07. The normalized spacial score (nSPS) is 11.4. The van der Waals surface area contributed by atoms with Crippen LogP contribution in [0.15, 0.2) is 30.3 Å². The molecule has 0 aromatic heterocycles. The van der Waals surface area contributed by atoms with E-state index < -0.39 is 0 Å². The summed E-state index contributed by atoms with van der Waals surface area (Å²) in [5.41, 5.74) is 0.965. The Kier molecular flexibility index (Phi) is 8.13. The van der Waals surface area contributed by atoms with Gasteiger partial charge in [0, 0.05) is 7.11 Å². The minimum atomic E-state index is -0.324. The maximum atomic E-state index is 8.54. The van der Waals surface area contributed by atoms with E-state index >= 15 is 0 Å². The smallest absolute Gasteiger partial charge is 0.0745 e. The molecule has 0 heterocycles. The van der Waals surface area contributed by atoms with E-state index in [1.54, 1.807) is 14.0 Å². The summed E-state index contributed by atoms with van der Waals surface area (Å²) in [7, 11) is 1.56. The van der Waals surface area contributed by atoms with Crippen LogP contribution < -0.4 is 0 Å². The van der Waals surface area contributed by atoms with Gasteiger partial charge in [-0.1, -0.05) is 30.3 Å². The molecule has 1 rings (SSSR count). The summed E-state index contributed by atoms with van der Waals surface area (Å²) < 4.78 is 4.55. The Balaban J connectivity index is 0.000000255. The first-order valence-corrected chi connectivity index (χ1v) is 4.52. The molecule has 14 heavy (non-hydrogen) atoms. The SMILES string of the molecule is COCC(C)O.OCc1ccccc1. The van der Waals surface area contributed by atoms with Gasteiger partial charge in [-0.2, -0.15) is 0 Å². The average molecular weight is 198 g/mol.